The maximum Gasteiger partial charge on any atom is 0.275 e. The minimum absolute atomic E-state index is 0.0713. The van der Waals surface area contributed by atoms with Crippen molar-refractivity contribution < 1.29 is 14.3 Å². The number of ether oxygens (including phenoxy) is 2. The van der Waals surface area contributed by atoms with Crippen molar-refractivity contribution in [2.75, 3.05) is 40.4 Å². The zero-order chi connectivity index (χ0) is 24.9. The lowest BCUT2D eigenvalue weighted by Crippen LogP contribution is -2.48. The quantitative estimate of drug-likeness (QED) is 0.397. The number of carbonyl (C=O) groups is 1. The Labute approximate surface area is 210 Å². The average Bonchev–Trinajstić information content (AvgIpc) is 3.39. The van der Waals surface area contributed by atoms with Crippen LogP contribution in [0.2, 0.25) is 0 Å². The maximum atomic E-state index is 13.7. The first kappa shape index (κ1) is 23.6. The second kappa shape index (κ2) is 10.6. The standard InChI is InChI=1S/C28H29N5O3/c1-35-25-9-8-22(18-26(25)36-2)24-20-33(23-6-4-3-5-7-23)30-27(24)28(34)32-16-14-31(15-17-32)19-21-10-12-29-13-11-21/h3-13,18,20H,14-17,19H2,1-2H3. The summed E-state index contributed by atoms with van der Waals surface area (Å²) in [7, 11) is 3.21. The number of amides is 1. The minimum Gasteiger partial charge on any atom is -0.493 e. The van der Waals surface area contributed by atoms with Crippen LogP contribution in [0.1, 0.15) is 16.1 Å². The third-order valence-electron chi connectivity index (χ3n) is 6.45. The fourth-order valence-corrected chi connectivity index (χ4v) is 4.47. The van der Waals surface area contributed by atoms with E-state index in [1.54, 1.807) is 18.9 Å². The van der Waals surface area contributed by atoms with Gasteiger partial charge in [0.1, 0.15) is 0 Å². The summed E-state index contributed by atoms with van der Waals surface area (Å²) in [6.45, 7) is 3.75. The molecule has 1 amide bonds. The van der Waals surface area contributed by atoms with E-state index < -0.39 is 0 Å². The largest absolute Gasteiger partial charge is 0.493 e. The van der Waals surface area contributed by atoms with Gasteiger partial charge in [-0.15, -0.1) is 0 Å². The van der Waals surface area contributed by atoms with Crippen LogP contribution in [0, 0.1) is 0 Å². The van der Waals surface area contributed by atoms with Gasteiger partial charge < -0.3 is 14.4 Å². The fourth-order valence-electron chi connectivity index (χ4n) is 4.47. The molecular weight excluding hydrogens is 454 g/mol. The van der Waals surface area contributed by atoms with Crippen molar-refractivity contribution in [2.24, 2.45) is 0 Å². The molecule has 3 heterocycles. The molecular formula is C28H29N5O3. The Kier molecular flexibility index (Phi) is 6.95. The molecule has 8 nitrogen and oxygen atoms in total. The highest BCUT2D eigenvalue weighted by molar-refractivity contribution is 5.99. The summed E-state index contributed by atoms with van der Waals surface area (Å²) in [5.74, 6) is 1.17. The Morgan fingerprint density at radius 1 is 0.889 bits per heavy atom. The molecule has 2 aromatic carbocycles. The van der Waals surface area contributed by atoms with Crippen LogP contribution in [-0.2, 0) is 6.54 Å². The van der Waals surface area contributed by atoms with Gasteiger partial charge in [0.2, 0.25) is 0 Å². The molecule has 4 aromatic rings. The highest BCUT2D eigenvalue weighted by Gasteiger charge is 2.27. The van der Waals surface area contributed by atoms with E-state index in [9.17, 15) is 4.79 Å². The molecule has 0 spiro atoms. The third kappa shape index (κ3) is 4.94. The van der Waals surface area contributed by atoms with Gasteiger partial charge >= 0.3 is 0 Å². The number of para-hydroxylation sites is 1. The van der Waals surface area contributed by atoms with E-state index in [2.05, 4.69) is 9.88 Å². The van der Waals surface area contributed by atoms with Crippen molar-refractivity contribution in [2.45, 2.75) is 6.54 Å². The zero-order valence-corrected chi connectivity index (χ0v) is 20.5. The van der Waals surface area contributed by atoms with Crippen LogP contribution in [0.5, 0.6) is 11.5 Å². The van der Waals surface area contributed by atoms with Gasteiger partial charge in [-0.3, -0.25) is 14.7 Å². The van der Waals surface area contributed by atoms with Crippen LogP contribution in [0.15, 0.2) is 79.3 Å². The smallest absolute Gasteiger partial charge is 0.275 e. The molecule has 1 saturated heterocycles. The number of rotatable bonds is 7. The van der Waals surface area contributed by atoms with E-state index in [0.29, 0.717) is 30.3 Å². The van der Waals surface area contributed by atoms with Gasteiger partial charge in [-0.05, 0) is 47.5 Å². The Hall–Kier alpha value is -4.17. The number of methoxy groups -OCH3 is 2. The second-order valence-corrected chi connectivity index (χ2v) is 8.67. The summed E-state index contributed by atoms with van der Waals surface area (Å²) < 4.78 is 12.7. The van der Waals surface area contributed by atoms with Crippen LogP contribution in [-0.4, -0.2) is 70.9 Å². The SMILES string of the molecule is COc1ccc(-c2cn(-c3ccccc3)nc2C(=O)N2CCN(Cc3ccncc3)CC2)cc1OC. The van der Waals surface area contributed by atoms with Crippen molar-refractivity contribution in [3.8, 4) is 28.3 Å². The number of carbonyl (C=O) groups excluding carboxylic acids is 1. The number of benzene rings is 2. The van der Waals surface area contributed by atoms with Gasteiger partial charge in [-0.2, -0.15) is 5.10 Å². The molecule has 0 N–H and O–H groups in total. The van der Waals surface area contributed by atoms with Gasteiger partial charge in [0.15, 0.2) is 17.2 Å². The van der Waals surface area contributed by atoms with Gasteiger partial charge in [-0.25, -0.2) is 4.68 Å². The average molecular weight is 484 g/mol. The lowest BCUT2D eigenvalue weighted by molar-refractivity contribution is 0.0623. The summed E-state index contributed by atoms with van der Waals surface area (Å²) in [6, 6.07) is 19.5. The molecule has 1 aliphatic rings. The van der Waals surface area contributed by atoms with Gasteiger partial charge in [0.05, 0.1) is 19.9 Å². The van der Waals surface area contributed by atoms with Crippen molar-refractivity contribution in [1.82, 2.24) is 24.6 Å². The number of hydrogen-bond donors (Lipinski definition) is 0. The highest BCUT2D eigenvalue weighted by Crippen LogP contribution is 2.34. The third-order valence-corrected chi connectivity index (χ3v) is 6.45. The fraction of sp³-hybridized carbons (Fsp3) is 0.250. The molecule has 0 saturated carbocycles. The molecule has 0 unspecified atom stereocenters. The summed E-state index contributed by atoms with van der Waals surface area (Å²) >= 11 is 0. The van der Waals surface area contributed by atoms with Gasteiger partial charge in [0, 0.05) is 56.9 Å². The molecule has 0 radical (unpaired) electrons. The van der Waals surface area contributed by atoms with Crippen LogP contribution in [0.3, 0.4) is 0 Å². The zero-order valence-electron chi connectivity index (χ0n) is 20.5. The van der Waals surface area contributed by atoms with E-state index >= 15 is 0 Å². The minimum atomic E-state index is -0.0713. The molecule has 0 bridgehead atoms. The predicted molar refractivity (Wildman–Crippen MR) is 138 cm³/mol. The van der Waals surface area contributed by atoms with Gasteiger partial charge in [0.25, 0.3) is 5.91 Å². The number of hydrogen-bond acceptors (Lipinski definition) is 6. The van der Waals surface area contributed by atoms with E-state index in [1.165, 1.54) is 5.56 Å². The van der Waals surface area contributed by atoms with E-state index in [-0.39, 0.29) is 5.91 Å². The molecule has 36 heavy (non-hydrogen) atoms. The number of piperazine rings is 1. The summed E-state index contributed by atoms with van der Waals surface area (Å²) in [5.41, 5.74) is 4.13. The van der Waals surface area contributed by atoms with Crippen LogP contribution in [0.4, 0.5) is 0 Å². The Bertz CT molecular complexity index is 1320. The Balaban J connectivity index is 1.42. The summed E-state index contributed by atoms with van der Waals surface area (Å²) in [4.78, 5) is 22.1. The maximum absolute atomic E-state index is 13.7. The van der Waals surface area contributed by atoms with E-state index in [0.717, 1.165) is 36.4 Å². The first-order chi connectivity index (χ1) is 17.7. The molecule has 2 aromatic heterocycles. The molecule has 5 rings (SSSR count). The molecule has 1 aliphatic heterocycles. The molecule has 8 heteroatoms. The first-order valence-corrected chi connectivity index (χ1v) is 11.9. The number of pyridine rings is 1. The lowest BCUT2D eigenvalue weighted by atomic mass is 10.0. The highest BCUT2D eigenvalue weighted by atomic mass is 16.5. The first-order valence-electron chi connectivity index (χ1n) is 11.9. The van der Waals surface area contributed by atoms with Crippen LogP contribution >= 0.6 is 0 Å². The molecule has 0 aliphatic carbocycles. The van der Waals surface area contributed by atoms with Crippen molar-refractivity contribution in [3.63, 3.8) is 0 Å². The number of nitrogens with zero attached hydrogens (tertiary/aromatic N) is 5. The summed E-state index contributed by atoms with van der Waals surface area (Å²) in [6.07, 6.45) is 5.53. The van der Waals surface area contributed by atoms with E-state index in [1.807, 2.05) is 84.2 Å². The Morgan fingerprint density at radius 2 is 1.61 bits per heavy atom. The van der Waals surface area contributed by atoms with Crippen LogP contribution in [0.25, 0.3) is 16.8 Å². The second-order valence-electron chi connectivity index (χ2n) is 8.67. The van der Waals surface area contributed by atoms with E-state index in [4.69, 9.17) is 14.6 Å². The number of aromatic nitrogens is 3. The molecule has 1 fully saturated rings. The Morgan fingerprint density at radius 3 is 2.31 bits per heavy atom. The lowest BCUT2D eigenvalue weighted by Gasteiger charge is -2.34. The predicted octanol–water partition coefficient (Wildman–Crippen LogP) is 3.91. The summed E-state index contributed by atoms with van der Waals surface area (Å²) in [5, 5.41) is 4.75. The normalized spacial score (nSPS) is 14.0. The monoisotopic (exact) mass is 483 g/mol. The topological polar surface area (TPSA) is 72.7 Å². The van der Waals surface area contributed by atoms with Crippen molar-refractivity contribution in [1.29, 1.82) is 0 Å². The van der Waals surface area contributed by atoms with Crippen LogP contribution < -0.4 is 9.47 Å². The van der Waals surface area contributed by atoms with Crippen molar-refractivity contribution >= 4 is 5.91 Å². The molecule has 0 atom stereocenters. The molecule has 184 valence electrons. The van der Waals surface area contributed by atoms with Gasteiger partial charge in [-0.1, -0.05) is 24.3 Å². The van der Waals surface area contributed by atoms with Crippen molar-refractivity contribution in [3.05, 3.63) is 90.5 Å².